The second kappa shape index (κ2) is 6.88. The van der Waals surface area contributed by atoms with Crippen molar-refractivity contribution in [3.63, 3.8) is 0 Å². The summed E-state index contributed by atoms with van der Waals surface area (Å²) in [6.45, 7) is 0.232. The molecule has 0 radical (unpaired) electrons. The number of aliphatic imine (C=N–C) groups is 1. The Kier molecular flexibility index (Phi) is 4.89. The van der Waals surface area contributed by atoms with Crippen molar-refractivity contribution < 1.29 is 4.79 Å². The van der Waals surface area contributed by atoms with Gasteiger partial charge < -0.3 is 15.5 Å². The molecule has 3 fully saturated rings. The number of rotatable bonds is 4. The number of nitrogens with zero attached hydrogens (tertiary/aromatic N) is 2. The summed E-state index contributed by atoms with van der Waals surface area (Å²) < 4.78 is 0. The van der Waals surface area contributed by atoms with Crippen LogP contribution in [0, 0.1) is 11.8 Å². The number of amides is 1. The van der Waals surface area contributed by atoms with Crippen LogP contribution in [-0.2, 0) is 4.79 Å². The molecule has 5 heteroatoms. The molecular weight excluding hydrogens is 276 g/mol. The second-order valence-corrected chi connectivity index (χ2v) is 7.50. The number of carbonyl (C=O) groups excluding carboxylic acids is 1. The van der Waals surface area contributed by atoms with Crippen molar-refractivity contribution in [2.24, 2.45) is 16.8 Å². The van der Waals surface area contributed by atoms with Gasteiger partial charge >= 0.3 is 0 Å². The van der Waals surface area contributed by atoms with Crippen LogP contribution < -0.4 is 10.6 Å². The first-order chi connectivity index (χ1) is 10.6. The highest BCUT2D eigenvalue weighted by molar-refractivity contribution is 5.85. The smallest absolute Gasteiger partial charge is 0.243 e. The molecule has 124 valence electrons. The summed E-state index contributed by atoms with van der Waals surface area (Å²) in [5.74, 6) is 2.64. The van der Waals surface area contributed by atoms with E-state index in [1.54, 1.807) is 19.0 Å². The third-order valence-electron chi connectivity index (χ3n) is 5.63. The largest absolute Gasteiger partial charge is 0.354 e. The monoisotopic (exact) mass is 306 g/mol. The molecule has 2 bridgehead atoms. The molecule has 0 aromatic heterocycles. The number of hydrogen-bond donors (Lipinski definition) is 2. The molecule has 3 atom stereocenters. The quantitative estimate of drug-likeness (QED) is 0.614. The first-order valence-corrected chi connectivity index (χ1v) is 8.89. The fourth-order valence-corrected chi connectivity index (χ4v) is 4.28. The minimum absolute atomic E-state index is 0.0560. The molecule has 0 aliphatic heterocycles. The van der Waals surface area contributed by atoms with Crippen molar-refractivity contribution in [3.8, 4) is 0 Å². The summed E-state index contributed by atoms with van der Waals surface area (Å²) in [6, 6.07) is 1.08. The predicted octanol–water partition coefficient (Wildman–Crippen LogP) is 1.74. The molecule has 3 saturated carbocycles. The van der Waals surface area contributed by atoms with Crippen molar-refractivity contribution in [2.45, 2.75) is 63.5 Å². The summed E-state index contributed by atoms with van der Waals surface area (Å²) in [7, 11) is 3.57. The molecule has 0 aromatic rings. The number of nitrogens with one attached hydrogen (secondary N) is 2. The highest BCUT2D eigenvalue weighted by Gasteiger charge is 2.40. The fraction of sp³-hybridized carbons (Fsp3) is 0.882. The van der Waals surface area contributed by atoms with Crippen molar-refractivity contribution in [1.29, 1.82) is 0 Å². The second-order valence-electron chi connectivity index (χ2n) is 7.50. The minimum Gasteiger partial charge on any atom is -0.354 e. The number of hydrogen-bond acceptors (Lipinski definition) is 2. The van der Waals surface area contributed by atoms with E-state index in [9.17, 15) is 4.79 Å². The molecule has 22 heavy (non-hydrogen) atoms. The summed E-state index contributed by atoms with van der Waals surface area (Å²) in [5, 5.41) is 7.20. The number of likely N-dealkylation sites (N-methyl/N-ethyl adjacent to an activating group) is 1. The van der Waals surface area contributed by atoms with Gasteiger partial charge in [0.2, 0.25) is 5.91 Å². The zero-order valence-electron chi connectivity index (χ0n) is 14.0. The highest BCUT2D eigenvalue weighted by Crippen LogP contribution is 2.44. The average molecular weight is 306 g/mol. The number of guanidine groups is 1. The minimum atomic E-state index is 0.0560. The van der Waals surface area contributed by atoms with Crippen LogP contribution in [0.2, 0.25) is 0 Å². The summed E-state index contributed by atoms with van der Waals surface area (Å²) in [4.78, 5) is 18.0. The van der Waals surface area contributed by atoms with Crippen LogP contribution in [0.4, 0.5) is 0 Å². The van der Waals surface area contributed by atoms with Crippen LogP contribution in [0.5, 0.6) is 0 Å². The van der Waals surface area contributed by atoms with E-state index in [0.717, 1.165) is 17.8 Å². The average Bonchev–Trinajstić information content (AvgIpc) is 3.21. The maximum Gasteiger partial charge on any atom is 0.243 e. The van der Waals surface area contributed by atoms with Crippen molar-refractivity contribution in [2.75, 3.05) is 20.6 Å². The molecule has 3 unspecified atom stereocenters. The standard InChI is InChI=1S/C17H30N4O/c1-21(2)16(22)11-18-17(19-14-5-3-4-6-14)20-15-10-12-7-8-13(15)9-12/h12-15H,3-11H2,1-2H3,(H2,18,19,20). The Morgan fingerprint density at radius 3 is 2.45 bits per heavy atom. The van der Waals surface area contributed by atoms with Crippen LogP contribution in [0.15, 0.2) is 4.99 Å². The molecule has 3 aliphatic rings. The molecule has 0 heterocycles. The van der Waals surface area contributed by atoms with Gasteiger partial charge in [0, 0.05) is 26.2 Å². The first kappa shape index (κ1) is 15.6. The van der Waals surface area contributed by atoms with E-state index < -0.39 is 0 Å². The Balaban J connectivity index is 1.59. The predicted molar refractivity (Wildman–Crippen MR) is 88.8 cm³/mol. The summed E-state index contributed by atoms with van der Waals surface area (Å²) in [5.41, 5.74) is 0. The van der Waals surface area contributed by atoms with Gasteiger partial charge in [0.25, 0.3) is 0 Å². The van der Waals surface area contributed by atoms with Gasteiger partial charge in [-0.25, -0.2) is 4.99 Å². The number of fused-ring (bicyclic) bond motifs is 2. The van der Waals surface area contributed by atoms with Gasteiger partial charge in [-0.3, -0.25) is 4.79 Å². The molecule has 5 nitrogen and oxygen atoms in total. The highest BCUT2D eigenvalue weighted by atomic mass is 16.2. The third-order valence-corrected chi connectivity index (χ3v) is 5.63. The van der Waals surface area contributed by atoms with Crippen molar-refractivity contribution in [3.05, 3.63) is 0 Å². The van der Waals surface area contributed by atoms with Crippen LogP contribution in [0.3, 0.4) is 0 Å². The fourth-order valence-electron chi connectivity index (χ4n) is 4.28. The van der Waals surface area contributed by atoms with Crippen molar-refractivity contribution >= 4 is 11.9 Å². The van der Waals surface area contributed by atoms with E-state index in [4.69, 9.17) is 0 Å². The van der Waals surface area contributed by atoms with Gasteiger partial charge in [-0.2, -0.15) is 0 Å². The van der Waals surface area contributed by atoms with Crippen LogP contribution in [-0.4, -0.2) is 49.5 Å². The first-order valence-electron chi connectivity index (χ1n) is 8.89. The van der Waals surface area contributed by atoms with E-state index >= 15 is 0 Å². The summed E-state index contributed by atoms with van der Waals surface area (Å²) in [6.07, 6.45) is 10.5. The Hall–Kier alpha value is -1.26. The molecule has 0 aromatic carbocycles. The molecular formula is C17H30N4O. The van der Waals surface area contributed by atoms with Gasteiger partial charge in [0.1, 0.15) is 6.54 Å². The number of carbonyl (C=O) groups is 1. The van der Waals surface area contributed by atoms with Crippen LogP contribution in [0.1, 0.15) is 51.4 Å². The Labute approximate surface area is 133 Å². The maximum absolute atomic E-state index is 11.8. The normalized spacial score (nSPS) is 31.5. The van der Waals surface area contributed by atoms with Gasteiger partial charge in [-0.1, -0.05) is 19.3 Å². The topological polar surface area (TPSA) is 56.7 Å². The summed E-state index contributed by atoms with van der Waals surface area (Å²) >= 11 is 0. The zero-order valence-corrected chi connectivity index (χ0v) is 14.0. The molecule has 1 amide bonds. The molecule has 0 saturated heterocycles. The molecule has 3 aliphatic carbocycles. The molecule has 2 N–H and O–H groups in total. The van der Waals surface area contributed by atoms with Gasteiger partial charge in [0.05, 0.1) is 0 Å². The van der Waals surface area contributed by atoms with Crippen LogP contribution in [0.25, 0.3) is 0 Å². The van der Waals surface area contributed by atoms with Gasteiger partial charge in [-0.15, -0.1) is 0 Å². The van der Waals surface area contributed by atoms with E-state index in [-0.39, 0.29) is 12.5 Å². The Morgan fingerprint density at radius 2 is 1.86 bits per heavy atom. The van der Waals surface area contributed by atoms with Crippen LogP contribution >= 0.6 is 0 Å². The molecule has 3 rings (SSSR count). The lowest BCUT2D eigenvalue weighted by atomic mass is 9.95. The van der Waals surface area contributed by atoms with E-state index in [1.807, 2.05) is 0 Å². The SMILES string of the molecule is CN(C)C(=O)CN=C(NC1CCCC1)NC1CC2CCC1C2. The van der Waals surface area contributed by atoms with Gasteiger partial charge in [-0.05, 0) is 43.9 Å². The Morgan fingerprint density at radius 1 is 1.09 bits per heavy atom. The lowest BCUT2D eigenvalue weighted by molar-refractivity contribution is -0.127. The lowest BCUT2D eigenvalue weighted by Gasteiger charge is -2.26. The van der Waals surface area contributed by atoms with E-state index in [2.05, 4.69) is 15.6 Å². The van der Waals surface area contributed by atoms with E-state index in [1.165, 1.54) is 51.4 Å². The third kappa shape index (κ3) is 3.73. The lowest BCUT2D eigenvalue weighted by Crippen LogP contribution is -2.48. The Bertz CT molecular complexity index is 428. The maximum atomic E-state index is 11.8. The molecule has 0 spiro atoms. The van der Waals surface area contributed by atoms with Gasteiger partial charge in [0.15, 0.2) is 5.96 Å². The van der Waals surface area contributed by atoms with Crippen molar-refractivity contribution in [1.82, 2.24) is 15.5 Å². The van der Waals surface area contributed by atoms with E-state index in [0.29, 0.717) is 12.1 Å². The zero-order chi connectivity index (χ0) is 15.5.